The van der Waals surface area contributed by atoms with E-state index in [1.807, 2.05) is 19.1 Å². The number of rotatable bonds is 4. The van der Waals surface area contributed by atoms with Gasteiger partial charge in [0.25, 0.3) is 5.91 Å². The van der Waals surface area contributed by atoms with Crippen molar-refractivity contribution >= 4 is 23.3 Å². The van der Waals surface area contributed by atoms with Crippen molar-refractivity contribution in [2.24, 2.45) is 0 Å². The maximum Gasteiger partial charge on any atom is 0.255 e. The average Bonchev–Trinajstić information content (AvgIpc) is 2.47. The first-order chi connectivity index (χ1) is 10.5. The summed E-state index contributed by atoms with van der Waals surface area (Å²) >= 11 is 0. The lowest BCUT2D eigenvalue weighted by Crippen LogP contribution is -2.14. The lowest BCUT2D eigenvalue weighted by Gasteiger charge is -2.11. The summed E-state index contributed by atoms with van der Waals surface area (Å²) in [5.74, 6) is 0.356. The van der Waals surface area contributed by atoms with Crippen LogP contribution in [-0.2, 0) is 4.79 Å². The molecular weight excluding hydrogens is 282 g/mol. The van der Waals surface area contributed by atoms with E-state index in [0.29, 0.717) is 22.8 Å². The molecule has 0 atom stereocenters. The van der Waals surface area contributed by atoms with Gasteiger partial charge in [0, 0.05) is 18.7 Å². The first-order valence-corrected chi connectivity index (χ1v) is 6.69. The largest absolute Gasteiger partial charge is 0.495 e. The van der Waals surface area contributed by atoms with Crippen LogP contribution in [0.2, 0.25) is 0 Å². The fraction of sp³-hybridized carbons (Fsp3) is 0.188. The number of carbonyl (C=O) groups excluding carboxylic acids is 2. The third-order valence-electron chi connectivity index (χ3n) is 2.93. The summed E-state index contributed by atoms with van der Waals surface area (Å²) < 4.78 is 5.23. The Kier molecular flexibility index (Phi) is 4.73. The number of hydrogen-bond donors (Lipinski definition) is 2. The highest BCUT2D eigenvalue weighted by Crippen LogP contribution is 2.25. The van der Waals surface area contributed by atoms with Crippen molar-refractivity contribution < 1.29 is 14.3 Å². The maximum atomic E-state index is 12.3. The second kappa shape index (κ2) is 6.71. The van der Waals surface area contributed by atoms with Crippen LogP contribution in [-0.4, -0.2) is 23.9 Å². The Morgan fingerprint density at radius 2 is 1.91 bits per heavy atom. The lowest BCUT2D eigenvalue weighted by atomic mass is 10.2. The van der Waals surface area contributed by atoms with Crippen LogP contribution in [0.1, 0.15) is 22.8 Å². The van der Waals surface area contributed by atoms with Gasteiger partial charge in [0.15, 0.2) is 0 Å². The molecule has 1 aromatic heterocycles. The van der Waals surface area contributed by atoms with Gasteiger partial charge in [-0.2, -0.15) is 0 Å². The molecule has 0 fully saturated rings. The number of aryl methyl sites for hydroxylation is 1. The number of anilines is 2. The average molecular weight is 299 g/mol. The van der Waals surface area contributed by atoms with E-state index in [0.717, 1.165) is 5.56 Å². The highest BCUT2D eigenvalue weighted by molar-refractivity contribution is 6.05. The summed E-state index contributed by atoms with van der Waals surface area (Å²) in [6, 6.07) is 8.60. The van der Waals surface area contributed by atoms with Crippen molar-refractivity contribution in [1.29, 1.82) is 0 Å². The lowest BCUT2D eigenvalue weighted by molar-refractivity contribution is -0.114. The quantitative estimate of drug-likeness (QED) is 0.909. The molecule has 2 N–H and O–H groups in total. The molecule has 6 heteroatoms. The Morgan fingerprint density at radius 3 is 2.59 bits per heavy atom. The van der Waals surface area contributed by atoms with Gasteiger partial charge in [0.05, 0.1) is 12.8 Å². The van der Waals surface area contributed by atoms with E-state index in [1.165, 1.54) is 19.2 Å². The maximum absolute atomic E-state index is 12.3. The van der Waals surface area contributed by atoms with E-state index in [1.54, 1.807) is 19.2 Å². The van der Waals surface area contributed by atoms with Gasteiger partial charge in [-0.1, -0.05) is 6.07 Å². The monoisotopic (exact) mass is 299 g/mol. The Bertz CT molecular complexity index is 714. The highest BCUT2D eigenvalue weighted by Gasteiger charge is 2.11. The fourth-order valence-corrected chi connectivity index (χ4v) is 1.93. The Hall–Kier alpha value is -2.89. The predicted molar refractivity (Wildman–Crippen MR) is 84.2 cm³/mol. The molecule has 2 amide bonds. The minimum atomic E-state index is -0.307. The van der Waals surface area contributed by atoms with Crippen LogP contribution in [0.15, 0.2) is 36.5 Å². The third kappa shape index (κ3) is 3.82. The van der Waals surface area contributed by atoms with E-state index >= 15 is 0 Å². The van der Waals surface area contributed by atoms with E-state index in [9.17, 15) is 9.59 Å². The van der Waals surface area contributed by atoms with Crippen LogP contribution in [0.4, 0.5) is 11.5 Å². The van der Waals surface area contributed by atoms with Crippen LogP contribution >= 0.6 is 0 Å². The van der Waals surface area contributed by atoms with Gasteiger partial charge >= 0.3 is 0 Å². The number of ether oxygens (including phenoxy) is 1. The van der Waals surface area contributed by atoms with Crippen molar-refractivity contribution in [3.05, 3.63) is 47.7 Å². The molecule has 22 heavy (non-hydrogen) atoms. The number of benzene rings is 1. The number of methoxy groups -OCH3 is 1. The smallest absolute Gasteiger partial charge is 0.255 e. The molecular formula is C16H17N3O3. The van der Waals surface area contributed by atoms with Crippen LogP contribution in [0.5, 0.6) is 5.75 Å². The standard InChI is InChI=1S/C16H17N3O3/c1-10-4-5-14(22-3)13(8-10)19-16(21)12-6-7-17-15(9-12)18-11(2)20/h4-9H,1-3H3,(H,19,21)(H,17,18,20). The van der Waals surface area contributed by atoms with Gasteiger partial charge in [-0.15, -0.1) is 0 Å². The molecule has 0 unspecified atom stereocenters. The number of amides is 2. The van der Waals surface area contributed by atoms with E-state index in [4.69, 9.17) is 4.74 Å². The van der Waals surface area contributed by atoms with Gasteiger partial charge in [-0.25, -0.2) is 4.98 Å². The minimum absolute atomic E-state index is 0.245. The molecule has 0 spiro atoms. The molecule has 2 rings (SSSR count). The SMILES string of the molecule is COc1ccc(C)cc1NC(=O)c1ccnc(NC(C)=O)c1. The number of carbonyl (C=O) groups is 2. The normalized spacial score (nSPS) is 9.95. The molecule has 0 saturated carbocycles. The zero-order valence-corrected chi connectivity index (χ0v) is 12.6. The molecule has 0 aliphatic heterocycles. The first-order valence-electron chi connectivity index (χ1n) is 6.69. The van der Waals surface area contributed by atoms with E-state index in [2.05, 4.69) is 15.6 Å². The van der Waals surface area contributed by atoms with Crippen molar-refractivity contribution in [3.63, 3.8) is 0 Å². The summed E-state index contributed by atoms with van der Waals surface area (Å²) in [7, 11) is 1.54. The van der Waals surface area contributed by atoms with Gasteiger partial charge in [-0.05, 0) is 36.8 Å². The summed E-state index contributed by atoms with van der Waals surface area (Å²) in [6.07, 6.45) is 1.47. The van der Waals surface area contributed by atoms with Crippen molar-refractivity contribution in [1.82, 2.24) is 4.98 Å². The van der Waals surface area contributed by atoms with E-state index < -0.39 is 0 Å². The topological polar surface area (TPSA) is 80.3 Å². The summed E-state index contributed by atoms with van der Waals surface area (Å²) in [4.78, 5) is 27.3. The molecule has 0 aliphatic carbocycles. The van der Waals surface area contributed by atoms with Crippen molar-refractivity contribution in [3.8, 4) is 5.75 Å². The molecule has 0 radical (unpaired) electrons. The Labute approximate surface area is 128 Å². The zero-order chi connectivity index (χ0) is 16.1. The summed E-state index contributed by atoms with van der Waals surface area (Å²) in [6.45, 7) is 3.31. The van der Waals surface area contributed by atoms with Crippen molar-refractivity contribution in [2.45, 2.75) is 13.8 Å². The molecule has 0 aliphatic rings. The van der Waals surface area contributed by atoms with Gasteiger partial charge < -0.3 is 15.4 Å². The summed E-state index contributed by atoms with van der Waals surface area (Å²) in [5.41, 5.74) is 1.98. The Morgan fingerprint density at radius 1 is 1.14 bits per heavy atom. The van der Waals surface area contributed by atoms with Gasteiger partial charge in [-0.3, -0.25) is 9.59 Å². The van der Waals surface area contributed by atoms with Crippen molar-refractivity contribution in [2.75, 3.05) is 17.7 Å². The van der Waals surface area contributed by atoms with E-state index in [-0.39, 0.29) is 11.8 Å². The third-order valence-corrected chi connectivity index (χ3v) is 2.93. The molecule has 2 aromatic rings. The molecule has 0 saturated heterocycles. The number of nitrogens with one attached hydrogen (secondary N) is 2. The van der Waals surface area contributed by atoms with Crippen LogP contribution in [0.3, 0.4) is 0 Å². The number of nitrogens with zero attached hydrogens (tertiary/aromatic N) is 1. The zero-order valence-electron chi connectivity index (χ0n) is 12.6. The second-order valence-corrected chi connectivity index (χ2v) is 4.77. The highest BCUT2D eigenvalue weighted by atomic mass is 16.5. The molecule has 0 bridgehead atoms. The number of hydrogen-bond acceptors (Lipinski definition) is 4. The van der Waals surface area contributed by atoms with Crippen LogP contribution < -0.4 is 15.4 Å². The first kappa shape index (κ1) is 15.5. The van der Waals surface area contributed by atoms with Gasteiger partial charge in [0.2, 0.25) is 5.91 Å². The number of pyridine rings is 1. The second-order valence-electron chi connectivity index (χ2n) is 4.77. The minimum Gasteiger partial charge on any atom is -0.495 e. The predicted octanol–water partition coefficient (Wildman–Crippen LogP) is 2.61. The van der Waals surface area contributed by atoms with Crippen LogP contribution in [0, 0.1) is 6.92 Å². The molecule has 1 heterocycles. The van der Waals surface area contributed by atoms with Gasteiger partial charge in [0.1, 0.15) is 11.6 Å². The molecule has 1 aromatic carbocycles. The van der Waals surface area contributed by atoms with Crippen LogP contribution in [0.25, 0.3) is 0 Å². The molecule has 114 valence electrons. The fourth-order valence-electron chi connectivity index (χ4n) is 1.93. The number of aromatic nitrogens is 1. The Balaban J connectivity index is 2.22. The summed E-state index contributed by atoms with van der Waals surface area (Å²) in [5, 5.41) is 5.34. The molecule has 6 nitrogen and oxygen atoms in total.